The van der Waals surface area contributed by atoms with Crippen LogP contribution in [0.4, 0.5) is 8.78 Å². The largest absolute Gasteiger partial charge is 0.315 e. The van der Waals surface area contributed by atoms with E-state index in [1.165, 1.54) is 7.05 Å². The zero-order valence-electron chi connectivity index (χ0n) is 6.69. The van der Waals surface area contributed by atoms with Crippen molar-refractivity contribution in [3.63, 3.8) is 0 Å². The summed E-state index contributed by atoms with van der Waals surface area (Å²) in [6.45, 7) is -0.658. The lowest BCUT2D eigenvalue weighted by Crippen LogP contribution is -2.46. The number of piperidine rings is 1. The summed E-state index contributed by atoms with van der Waals surface area (Å²) in [6.07, 6.45) is 1.88. The Morgan fingerprint density at radius 1 is 1.55 bits per heavy atom. The minimum atomic E-state index is -2.32. The minimum Gasteiger partial charge on any atom is -0.315 e. The van der Waals surface area contributed by atoms with Crippen LogP contribution in [0.2, 0.25) is 0 Å². The second-order valence-electron chi connectivity index (χ2n) is 2.94. The molecule has 0 aromatic rings. The first kappa shape index (κ1) is 8.87. The van der Waals surface area contributed by atoms with E-state index in [1.54, 1.807) is 0 Å². The van der Waals surface area contributed by atoms with Gasteiger partial charge in [-0.1, -0.05) is 0 Å². The van der Waals surface area contributed by atoms with Gasteiger partial charge in [0.2, 0.25) is 0 Å². The van der Waals surface area contributed by atoms with E-state index < -0.39 is 6.55 Å². The zero-order chi connectivity index (χ0) is 8.27. The fourth-order valence-corrected chi connectivity index (χ4v) is 1.34. The summed E-state index contributed by atoms with van der Waals surface area (Å²) in [5.74, 6) is 0. The van der Waals surface area contributed by atoms with E-state index in [9.17, 15) is 8.78 Å². The highest BCUT2D eigenvalue weighted by atomic mass is 19.3. The van der Waals surface area contributed by atoms with Gasteiger partial charge in [-0.15, -0.1) is 0 Å². The number of hydrogen-bond donors (Lipinski definition) is 1. The van der Waals surface area contributed by atoms with Crippen molar-refractivity contribution in [3.8, 4) is 0 Å². The summed E-state index contributed by atoms with van der Waals surface area (Å²) < 4.78 is 24.2. The van der Waals surface area contributed by atoms with Gasteiger partial charge in [0.1, 0.15) is 0 Å². The molecule has 1 aliphatic heterocycles. The summed E-state index contributed by atoms with van der Waals surface area (Å²) in [5.41, 5.74) is 0. The minimum absolute atomic E-state index is 0.0174. The highest BCUT2D eigenvalue weighted by Crippen LogP contribution is 2.12. The molecule has 66 valence electrons. The Bertz CT molecular complexity index is 113. The number of halogens is 2. The molecule has 0 aromatic heterocycles. The summed E-state index contributed by atoms with van der Waals surface area (Å²) in [6, 6.07) is 0.0174. The number of alkyl halides is 2. The molecule has 0 amide bonds. The fraction of sp³-hybridized carbons (Fsp3) is 1.00. The standard InChI is InChI=1S/C7H14F2N2/c1-11(7(8)9)6-3-2-4-10-5-6/h6-7,10H,2-5H2,1H3. The van der Waals surface area contributed by atoms with E-state index in [0.717, 1.165) is 24.3 Å². The Balaban J connectivity index is 2.32. The van der Waals surface area contributed by atoms with Gasteiger partial charge in [0.15, 0.2) is 0 Å². The average molecular weight is 164 g/mol. The molecular formula is C7H14F2N2. The van der Waals surface area contributed by atoms with E-state index in [-0.39, 0.29) is 6.04 Å². The van der Waals surface area contributed by atoms with Gasteiger partial charge in [0, 0.05) is 12.6 Å². The van der Waals surface area contributed by atoms with Crippen LogP contribution in [0, 0.1) is 0 Å². The number of hydrogen-bond acceptors (Lipinski definition) is 2. The van der Waals surface area contributed by atoms with E-state index >= 15 is 0 Å². The predicted octanol–water partition coefficient (Wildman–Crippen LogP) is 0.893. The summed E-state index contributed by atoms with van der Waals surface area (Å²) in [5, 5.41) is 3.10. The Labute approximate surface area is 65.6 Å². The van der Waals surface area contributed by atoms with Crippen molar-refractivity contribution < 1.29 is 8.78 Å². The van der Waals surface area contributed by atoms with Crippen LogP contribution in [0.15, 0.2) is 0 Å². The number of likely N-dealkylation sites (N-methyl/N-ethyl adjacent to an activating group) is 1. The number of nitrogens with one attached hydrogen (secondary N) is 1. The van der Waals surface area contributed by atoms with Crippen molar-refractivity contribution in [3.05, 3.63) is 0 Å². The molecule has 1 N–H and O–H groups in total. The number of rotatable bonds is 2. The highest BCUT2D eigenvalue weighted by Gasteiger charge is 2.22. The van der Waals surface area contributed by atoms with Gasteiger partial charge in [-0.25, -0.2) is 4.90 Å². The molecule has 2 nitrogen and oxygen atoms in total. The third kappa shape index (κ3) is 2.38. The predicted molar refractivity (Wildman–Crippen MR) is 39.7 cm³/mol. The van der Waals surface area contributed by atoms with Crippen molar-refractivity contribution in [2.45, 2.75) is 25.4 Å². The van der Waals surface area contributed by atoms with Gasteiger partial charge < -0.3 is 5.32 Å². The van der Waals surface area contributed by atoms with Crippen LogP contribution in [0.3, 0.4) is 0 Å². The molecule has 0 aromatic carbocycles. The van der Waals surface area contributed by atoms with Crippen molar-refractivity contribution in [1.29, 1.82) is 0 Å². The molecule has 0 spiro atoms. The second kappa shape index (κ2) is 3.97. The molecule has 0 bridgehead atoms. The van der Waals surface area contributed by atoms with Gasteiger partial charge in [-0.2, -0.15) is 8.78 Å². The molecular weight excluding hydrogens is 150 g/mol. The van der Waals surface area contributed by atoms with E-state index in [2.05, 4.69) is 5.32 Å². The molecule has 1 fully saturated rings. The van der Waals surface area contributed by atoms with Gasteiger partial charge in [0.05, 0.1) is 0 Å². The quantitative estimate of drug-likeness (QED) is 0.610. The maximum absolute atomic E-state index is 12.1. The lowest BCUT2D eigenvalue weighted by atomic mass is 10.1. The average Bonchev–Trinajstić information content (AvgIpc) is 2.05. The lowest BCUT2D eigenvalue weighted by Gasteiger charge is -2.30. The molecule has 11 heavy (non-hydrogen) atoms. The fourth-order valence-electron chi connectivity index (χ4n) is 1.34. The molecule has 1 saturated heterocycles. The first-order valence-corrected chi connectivity index (χ1v) is 3.92. The van der Waals surface area contributed by atoms with Gasteiger partial charge in [-0.05, 0) is 26.4 Å². The topological polar surface area (TPSA) is 15.3 Å². The maximum Gasteiger partial charge on any atom is 0.294 e. The summed E-state index contributed by atoms with van der Waals surface area (Å²) in [7, 11) is 1.47. The second-order valence-corrected chi connectivity index (χ2v) is 2.94. The molecule has 0 radical (unpaired) electrons. The Kier molecular flexibility index (Phi) is 3.20. The third-order valence-electron chi connectivity index (χ3n) is 2.15. The van der Waals surface area contributed by atoms with Crippen LogP contribution >= 0.6 is 0 Å². The first-order chi connectivity index (χ1) is 5.22. The van der Waals surface area contributed by atoms with Crippen molar-refractivity contribution in [2.24, 2.45) is 0 Å². The van der Waals surface area contributed by atoms with E-state index in [4.69, 9.17) is 0 Å². The molecule has 1 atom stereocenters. The zero-order valence-corrected chi connectivity index (χ0v) is 6.69. The van der Waals surface area contributed by atoms with Crippen LogP contribution < -0.4 is 5.32 Å². The van der Waals surface area contributed by atoms with Crippen LogP contribution in [0.25, 0.3) is 0 Å². The molecule has 1 heterocycles. The Hall–Kier alpha value is -0.220. The van der Waals surface area contributed by atoms with E-state index in [1.807, 2.05) is 0 Å². The van der Waals surface area contributed by atoms with Crippen LogP contribution in [-0.4, -0.2) is 37.6 Å². The van der Waals surface area contributed by atoms with Gasteiger partial charge in [-0.3, -0.25) is 0 Å². The lowest BCUT2D eigenvalue weighted by molar-refractivity contribution is -0.0404. The molecule has 0 aliphatic carbocycles. The number of nitrogens with zero attached hydrogens (tertiary/aromatic N) is 1. The first-order valence-electron chi connectivity index (χ1n) is 3.92. The van der Waals surface area contributed by atoms with Crippen LogP contribution in [0.5, 0.6) is 0 Å². The Morgan fingerprint density at radius 2 is 2.27 bits per heavy atom. The molecule has 0 saturated carbocycles. The van der Waals surface area contributed by atoms with Crippen LogP contribution in [0.1, 0.15) is 12.8 Å². The third-order valence-corrected chi connectivity index (χ3v) is 2.15. The summed E-state index contributed by atoms with van der Waals surface area (Å²) >= 11 is 0. The van der Waals surface area contributed by atoms with Crippen molar-refractivity contribution in [2.75, 3.05) is 20.1 Å². The van der Waals surface area contributed by atoms with Crippen LogP contribution in [-0.2, 0) is 0 Å². The molecule has 1 unspecified atom stereocenters. The van der Waals surface area contributed by atoms with Gasteiger partial charge >= 0.3 is 0 Å². The highest BCUT2D eigenvalue weighted by molar-refractivity contribution is 4.75. The van der Waals surface area contributed by atoms with Crippen molar-refractivity contribution >= 4 is 0 Å². The smallest absolute Gasteiger partial charge is 0.294 e. The normalized spacial score (nSPS) is 26.5. The maximum atomic E-state index is 12.1. The molecule has 1 rings (SSSR count). The monoisotopic (exact) mass is 164 g/mol. The van der Waals surface area contributed by atoms with Crippen molar-refractivity contribution in [1.82, 2.24) is 10.2 Å². The van der Waals surface area contributed by atoms with Gasteiger partial charge in [0.25, 0.3) is 6.55 Å². The summed E-state index contributed by atoms with van der Waals surface area (Å²) in [4.78, 5) is 1.13. The SMILES string of the molecule is CN(C(F)F)C1CCCNC1. The molecule has 4 heteroatoms. The molecule has 1 aliphatic rings. The van der Waals surface area contributed by atoms with E-state index in [0.29, 0.717) is 6.54 Å². The Morgan fingerprint density at radius 3 is 2.73 bits per heavy atom.